The van der Waals surface area contributed by atoms with E-state index in [1.165, 1.54) is 18.2 Å². The van der Waals surface area contributed by atoms with E-state index in [4.69, 9.17) is 12.2 Å². The summed E-state index contributed by atoms with van der Waals surface area (Å²) in [6.07, 6.45) is 1.98. The molecular formula is C20H17FN4O2S. The Balaban J connectivity index is 1.64. The quantitative estimate of drug-likeness (QED) is 0.405. The highest BCUT2D eigenvalue weighted by atomic mass is 32.1. The van der Waals surface area contributed by atoms with E-state index >= 15 is 0 Å². The van der Waals surface area contributed by atoms with Crippen molar-refractivity contribution >= 4 is 28.7 Å². The van der Waals surface area contributed by atoms with Crippen LogP contribution in [0.2, 0.25) is 0 Å². The molecule has 8 heteroatoms. The number of nitro benzene ring substituents is 1. The first kappa shape index (κ1) is 18.1. The summed E-state index contributed by atoms with van der Waals surface area (Å²) in [5.74, 6) is -0.287. The number of fused-ring (bicyclic) bond motifs is 1. The Labute approximate surface area is 166 Å². The number of benzene rings is 2. The van der Waals surface area contributed by atoms with Crippen LogP contribution in [-0.4, -0.2) is 26.0 Å². The third kappa shape index (κ3) is 3.34. The predicted molar refractivity (Wildman–Crippen MR) is 109 cm³/mol. The topological polar surface area (TPSA) is 63.3 Å². The highest BCUT2D eigenvalue weighted by molar-refractivity contribution is 7.80. The Hall–Kier alpha value is -3.26. The highest BCUT2D eigenvalue weighted by Gasteiger charge is 2.32. The van der Waals surface area contributed by atoms with Crippen molar-refractivity contribution < 1.29 is 9.31 Å². The van der Waals surface area contributed by atoms with Gasteiger partial charge in [-0.15, -0.1) is 0 Å². The van der Waals surface area contributed by atoms with E-state index in [0.717, 1.165) is 12.2 Å². The van der Waals surface area contributed by atoms with E-state index in [1.807, 2.05) is 29.3 Å². The second-order valence-corrected chi connectivity index (χ2v) is 6.86. The summed E-state index contributed by atoms with van der Waals surface area (Å²) in [5, 5.41) is 14.4. The second kappa shape index (κ2) is 7.40. The molecule has 0 saturated heterocycles. The van der Waals surface area contributed by atoms with Crippen molar-refractivity contribution in [1.29, 1.82) is 0 Å². The van der Waals surface area contributed by atoms with Crippen LogP contribution in [0.3, 0.4) is 0 Å². The van der Waals surface area contributed by atoms with Crippen LogP contribution in [0.15, 0.2) is 66.9 Å². The number of rotatable bonds is 3. The Morgan fingerprint density at radius 1 is 1.11 bits per heavy atom. The van der Waals surface area contributed by atoms with Crippen molar-refractivity contribution in [3.05, 3.63) is 94.0 Å². The molecule has 1 aromatic heterocycles. The van der Waals surface area contributed by atoms with Crippen molar-refractivity contribution in [3.63, 3.8) is 0 Å². The van der Waals surface area contributed by atoms with E-state index in [0.29, 0.717) is 22.9 Å². The van der Waals surface area contributed by atoms with E-state index in [2.05, 4.69) is 9.88 Å². The lowest BCUT2D eigenvalue weighted by atomic mass is 10.00. The van der Waals surface area contributed by atoms with Crippen LogP contribution in [0.25, 0.3) is 0 Å². The summed E-state index contributed by atoms with van der Waals surface area (Å²) in [7, 11) is 0. The first-order valence-corrected chi connectivity index (χ1v) is 9.17. The van der Waals surface area contributed by atoms with Crippen molar-refractivity contribution in [2.24, 2.45) is 0 Å². The van der Waals surface area contributed by atoms with Gasteiger partial charge in [-0.05, 0) is 42.5 Å². The molecule has 2 heterocycles. The lowest BCUT2D eigenvalue weighted by molar-refractivity contribution is -0.384. The number of halogens is 1. The normalized spacial score (nSPS) is 15.8. The smallest absolute Gasteiger partial charge is 0.269 e. The van der Waals surface area contributed by atoms with Gasteiger partial charge in [0.25, 0.3) is 5.69 Å². The van der Waals surface area contributed by atoms with Crippen molar-refractivity contribution in [2.45, 2.75) is 12.6 Å². The maximum Gasteiger partial charge on any atom is 0.269 e. The molecule has 1 atom stereocenters. The largest absolute Gasteiger partial charge is 0.348 e. The average molecular weight is 396 g/mol. The Morgan fingerprint density at radius 2 is 1.86 bits per heavy atom. The third-order valence-electron chi connectivity index (χ3n) is 4.83. The first-order chi connectivity index (χ1) is 13.5. The molecule has 6 nitrogen and oxygen atoms in total. The van der Waals surface area contributed by atoms with Gasteiger partial charge in [0.15, 0.2) is 5.11 Å². The number of hydrogen-bond acceptors (Lipinski definition) is 3. The van der Waals surface area contributed by atoms with Gasteiger partial charge in [-0.3, -0.25) is 10.1 Å². The predicted octanol–water partition coefficient (Wildman–Crippen LogP) is 4.34. The molecule has 3 aromatic rings. The molecule has 0 radical (unpaired) electrons. The molecule has 28 heavy (non-hydrogen) atoms. The molecule has 142 valence electrons. The average Bonchev–Trinajstić information content (AvgIpc) is 3.17. The number of aromatic nitrogens is 1. The fraction of sp³-hybridized carbons (Fsp3) is 0.150. The molecule has 0 saturated carbocycles. The number of nitrogens with zero attached hydrogens (tertiary/aromatic N) is 3. The molecule has 1 aliphatic heterocycles. The molecule has 1 N–H and O–H groups in total. The SMILES string of the molecule is O=[N+]([O-])c1ccc(NC(=S)N2CCn3cccc3[C@@H]2c2ccccc2F)cc1. The van der Waals surface area contributed by atoms with Gasteiger partial charge in [0.1, 0.15) is 5.82 Å². The maximum absolute atomic E-state index is 14.6. The molecule has 4 rings (SSSR count). The standard InChI is InChI=1S/C20H17FN4O2S/c21-17-5-2-1-4-16(17)19-18-6-3-11-23(18)12-13-24(19)20(28)22-14-7-9-15(10-8-14)25(26)27/h1-11,19H,12-13H2,(H,22,28)/t19-/m0/s1. The van der Waals surface area contributed by atoms with Gasteiger partial charge in [0.2, 0.25) is 0 Å². The highest BCUT2D eigenvalue weighted by Crippen LogP contribution is 2.34. The van der Waals surface area contributed by atoms with Crippen LogP contribution in [0.1, 0.15) is 17.3 Å². The van der Waals surface area contributed by atoms with Gasteiger partial charge in [-0.2, -0.15) is 0 Å². The Morgan fingerprint density at radius 3 is 2.57 bits per heavy atom. The van der Waals surface area contributed by atoms with Gasteiger partial charge in [-0.1, -0.05) is 18.2 Å². The van der Waals surface area contributed by atoms with Gasteiger partial charge < -0.3 is 14.8 Å². The van der Waals surface area contributed by atoms with E-state index < -0.39 is 4.92 Å². The number of nitro groups is 1. The fourth-order valence-electron chi connectivity index (χ4n) is 3.49. The van der Waals surface area contributed by atoms with Crippen LogP contribution in [0, 0.1) is 15.9 Å². The molecule has 0 fully saturated rings. The molecule has 0 amide bonds. The molecule has 0 aliphatic carbocycles. The summed E-state index contributed by atoms with van der Waals surface area (Å²) in [4.78, 5) is 12.3. The molecule has 0 spiro atoms. The minimum Gasteiger partial charge on any atom is -0.348 e. The molecule has 1 aliphatic rings. The lowest BCUT2D eigenvalue weighted by Crippen LogP contribution is -2.44. The lowest BCUT2D eigenvalue weighted by Gasteiger charge is -2.39. The van der Waals surface area contributed by atoms with Crippen LogP contribution in [0.5, 0.6) is 0 Å². The van der Waals surface area contributed by atoms with Gasteiger partial charge >= 0.3 is 0 Å². The molecular weight excluding hydrogens is 379 g/mol. The van der Waals surface area contributed by atoms with Crippen LogP contribution >= 0.6 is 12.2 Å². The van der Waals surface area contributed by atoms with Crippen molar-refractivity contribution in [3.8, 4) is 0 Å². The zero-order chi connectivity index (χ0) is 19.7. The molecule has 0 bridgehead atoms. The summed E-state index contributed by atoms with van der Waals surface area (Å²) in [6, 6.07) is 16.3. The van der Waals surface area contributed by atoms with Gasteiger partial charge in [0, 0.05) is 48.4 Å². The van der Waals surface area contributed by atoms with Crippen molar-refractivity contribution in [1.82, 2.24) is 9.47 Å². The monoisotopic (exact) mass is 396 g/mol. The van der Waals surface area contributed by atoms with Crippen molar-refractivity contribution in [2.75, 3.05) is 11.9 Å². The number of nitrogens with one attached hydrogen (secondary N) is 1. The first-order valence-electron chi connectivity index (χ1n) is 8.76. The summed E-state index contributed by atoms with van der Waals surface area (Å²) in [6.45, 7) is 1.34. The Bertz CT molecular complexity index is 1030. The van der Waals surface area contributed by atoms with E-state index in [1.54, 1.807) is 24.3 Å². The number of thiocarbonyl (C=S) groups is 1. The summed E-state index contributed by atoms with van der Waals surface area (Å²) >= 11 is 5.61. The van der Waals surface area contributed by atoms with Crippen LogP contribution < -0.4 is 5.32 Å². The fourth-order valence-corrected chi connectivity index (χ4v) is 3.80. The molecule has 0 unspecified atom stereocenters. The third-order valence-corrected chi connectivity index (χ3v) is 5.16. The maximum atomic E-state index is 14.6. The van der Waals surface area contributed by atoms with Crippen LogP contribution in [-0.2, 0) is 6.54 Å². The number of hydrogen-bond donors (Lipinski definition) is 1. The summed E-state index contributed by atoms with van der Waals surface area (Å²) < 4.78 is 16.7. The van der Waals surface area contributed by atoms with E-state index in [9.17, 15) is 14.5 Å². The van der Waals surface area contributed by atoms with E-state index in [-0.39, 0.29) is 17.5 Å². The van der Waals surface area contributed by atoms with Crippen LogP contribution in [0.4, 0.5) is 15.8 Å². The molecule has 2 aromatic carbocycles. The van der Waals surface area contributed by atoms with Gasteiger partial charge in [-0.25, -0.2) is 4.39 Å². The minimum absolute atomic E-state index is 0.0106. The zero-order valence-electron chi connectivity index (χ0n) is 14.8. The Kier molecular flexibility index (Phi) is 4.79. The number of non-ortho nitro benzene ring substituents is 1. The summed E-state index contributed by atoms with van der Waals surface area (Å²) in [5.41, 5.74) is 2.17. The zero-order valence-corrected chi connectivity index (χ0v) is 15.6. The number of anilines is 1. The second-order valence-electron chi connectivity index (χ2n) is 6.48. The minimum atomic E-state index is -0.449. The van der Waals surface area contributed by atoms with Gasteiger partial charge in [0.05, 0.1) is 11.0 Å².